The molecule has 0 radical (unpaired) electrons. The summed E-state index contributed by atoms with van der Waals surface area (Å²) < 4.78 is 0. The maximum atomic E-state index is 2.62. The van der Waals surface area contributed by atoms with Gasteiger partial charge in [0, 0.05) is 21.7 Å². The molecule has 0 aromatic heterocycles. The van der Waals surface area contributed by atoms with E-state index in [1.807, 2.05) is 0 Å². The van der Waals surface area contributed by atoms with E-state index >= 15 is 0 Å². The summed E-state index contributed by atoms with van der Waals surface area (Å²) in [7, 11) is -2.92. The van der Waals surface area contributed by atoms with Crippen LogP contribution in [0.4, 0.5) is 0 Å². The van der Waals surface area contributed by atoms with Crippen molar-refractivity contribution in [1.29, 1.82) is 0 Å². The zero-order chi connectivity index (χ0) is 34.4. The van der Waals surface area contributed by atoms with Gasteiger partial charge in [-0.2, -0.15) is 6.07 Å². The molecule has 0 aliphatic rings. The van der Waals surface area contributed by atoms with E-state index in [1.54, 1.807) is 5.19 Å². The second kappa shape index (κ2) is 19.1. The van der Waals surface area contributed by atoms with Crippen LogP contribution in [0.1, 0.15) is 158 Å². The Kier molecular flexibility index (Phi) is 17.7. The van der Waals surface area contributed by atoms with Crippen LogP contribution < -0.4 is 20.7 Å². The molecule has 0 spiro atoms. The molecule has 0 aliphatic carbocycles. The predicted octanol–water partition coefficient (Wildman–Crippen LogP) is 12.2. The maximum absolute atomic E-state index is 2.92. The molecule has 0 saturated heterocycles. The number of hydrogen-bond donors (Lipinski definition) is 0. The summed E-state index contributed by atoms with van der Waals surface area (Å²) in [6, 6.07) is 34.9. The molecule has 0 aliphatic heterocycles. The molecule has 5 aromatic rings. The van der Waals surface area contributed by atoms with Gasteiger partial charge in [0.25, 0.3) is 0 Å². The number of rotatable bonds is 10. The van der Waals surface area contributed by atoms with Gasteiger partial charge in [0.05, 0.1) is 0 Å². The smallest absolute Gasteiger partial charge is 0.135 e. The van der Waals surface area contributed by atoms with E-state index in [-0.39, 0.29) is 58.9 Å². The molecule has 0 heterocycles. The molecule has 5 aromatic carbocycles. The molecule has 5 heteroatoms. The quantitative estimate of drug-likeness (QED) is 0.0750. The molecule has 0 fully saturated rings. The second-order valence-electron chi connectivity index (χ2n) is 16.1. The van der Waals surface area contributed by atoms with Crippen LogP contribution in [0.25, 0.3) is 10.8 Å². The number of fused-ring (bicyclic) bond motifs is 1. The van der Waals surface area contributed by atoms with Gasteiger partial charge in [-0.25, -0.2) is 0 Å². The van der Waals surface area contributed by atoms with Gasteiger partial charge in [-0.15, -0.1) is 76.9 Å². The Morgan fingerprint density at radius 3 is 0.961 bits per heavy atom. The predicted molar refractivity (Wildman–Crippen MR) is 234 cm³/mol. The van der Waals surface area contributed by atoms with E-state index in [0.29, 0.717) is 35.5 Å². The number of halogens is 3. The fraction of sp³-hybridized carbons (Fsp3) is 0.413. The van der Waals surface area contributed by atoms with Gasteiger partial charge in [0.1, 0.15) is 8.07 Å². The topological polar surface area (TPSA) is 0 Å². The normalized spacial score (nSPS) is 11.7. The van der Waals surface area contributed by atoms with Gasteiger partial charge in [-0.05, 0) is 68.9 Å². The van der Waals surface area contributed by atoms with Crippen LogP contribution in [0, 0.1) is 6.92 Å². The average molecular weight is 797 g/mol. The monoisotopic (exact) mass is 795 g/mol. The molecule has 276 valence electrons. The van der Waals surface area contributed by atoms with E-state index in [0.717, 1.165) is 0 Å². The molecule has 0 amide bonds. The third-order valence-electron chi connectivity index (χ3n) is 10.6. The Morgan fingerprint density at radius 2 is 0.686 bits per heavy atom. The zero-order valence-electron chi connectivity index (χ0n) is 33.3. The van der Waals surface area contributed by atoms with Crippen molar-refractivity contribution in [3.63, 3.8) is 0 Å². The van der Waals surface area contributed by atoms with Gasteiger partial charge in [0.15, 0.2) is 0 Å². The van der Waals surface area contributed by atoms with E-state index in [9.17, 15) is 0 Å². The Balaban J connectivity index is 0.00000325. The van der Waals surface area contributed by atoms with Gasteiger partial charge in [-0.3, -0.25) is 0 Å². The molecule has 0 bridgehead atoms. The molecular formula is C46H62Cl3SiTi-. The average Bonchev–Trinajstić information content (AvgIpc) is 3.36. The van der Waals surface area contributed by atoms with E-state index < -0.39 is 8.07 Å². The Labute approximate surface area is 345 Å². The first-order chi connectivity index (χ1) is 22.1. The fourth-order valence-corrected chi connectivity index (χ4v) is 12.9. The van der Waals surface area contributed by atoms with Crippen LogP contribution in [0.2, 0.25) is 0 Å². The minimum Gasteiger partial charge on any atom is -0.165 e. The van der Waals surface area contributed by atoms with Crippen LogP contribution in [0.3, 0.4) is 0 Å². The fourth-order valence-electron chi connectivity index (χ4n) is 7.48. The molecule has 0 nitrogen and oxygen atoms in total. The summed E-state index contributed by atoms with van der Waals surface area (Å²) in [6.07, 6.45) is 0. The molecule has 0 atom stereocenters. The van der Waals surface area contributed by atoms with Crippen LogP contribution in [-0.4, -0.2) is 8.07 Å². The Morgan fingerprint density at radius 1 is 0.412 bits per heavy atom. The minimum absolute atomic E-state index is 0. The minimum atomic E-state index is -2.92. The molecule has 0 saturated carbocycles. The Bertz CT molecular complexity index is 1650. The van der Waals surface area contributed by atoms with Crippen LogP contribution in [-0.2, 0) is 21.7 Å². The van der Waals surface area contributed by atoms with E-state index in [4.69, 9.17) is 0 Å². The summed E-state index contributed by atoms with van der Waals surface area (Å²) in [6.45, 7) is 30.7. The van der Waals surface area contributed by atoms with Crippen molar-refractivity contribution in [2.45, 2.75) is 126 Å². The van der Waals surface area contributed by atoms with E-state index in [1.165, 1.54) is 65.3 Å². The molecule has 51 heavy (non-hydrogen) atoms. The molecule has 0 unspecified atom stereocenters. The summed E-state index contributed by atoms with van der Waals surface area (Å²) in [5, 5.41) is 8.91. The SMILES string of the molecule is Cc1cc2ccccc2[c-]1[Si](c1cc(C(C)C)cc(C(C)C)c1)(c1cc(C(C)C)cc(C(C)C)c1)c1cc(C(C)C)cc(C(C)C)c1.Cl.Cl.Cl.[Ti]. The standard InChI is InChI=1S/C46H59Si.3ClH.Ti/c1-28(2)36-19-37(29(3)4)23-42(22-36)47(46-34(13)18-35-16-14-15-17-45(35)46,43-24-38(30(5)6)20-39(25-43)31(7)8)44-26-40(32(9)10)21-41(27-44)33(11)12;;;;/h14-33H,1-13H3;3*1H;/q-1;;;;. The van der Waals surface area contributed by atoms with Crippen molar-refractivity contribution in [2.75, 3.05) is 0 Å². The summed E-state index contributed by atoms with van der Waals surface area (Å²) >= 11 is 0. The van der Waals surface area contributed by atoms with Crippen LogP contribution in [0.5, 0.6) is 0 Å². The number of aryl methyl sites for hydroxylation is 1. The van der Waals surface area contributed by atoms with Crippen LogP contribution in [0.15, 0.2) is 84.9 Å². The molecular weight excluding hydrogens is 735 g/mol. The van der Waals surface area contributed by atoms with Crippen molar-refractivity contribution >= 4 is 76.8 Å². The molecule has 0 N–H and O–H groups in total. The second-order valence-corrected chi connectivity index (χ2v) is 19.9. The number of hydrogen-bond acceptors (Lipinski definition) is 0. The third-order valence-corrected chi connectivity index (χ3v) is 15.5. The van der Waals surface area contributed by atoms with Gasteiger partial charge in [0.2, 0.25) is 0 Å². The van der Waals surface area contributed by atoms with Crippen LogP contribution >= 0.6 is 37.2 Å². The summed E-state index contributed by atoms with van der Waals surface area (Å²) in [5.74, 6) is 2.66. The zero-order valence-corrected chi connectivity index (χ0v) is 38.3. The first-order valence-corrected chi connectivity index (χ1v) is 20.3. The first kappa shape index (κ1) is 47.3. The van der Waals surface area contributed by atoms with Crippen molar-refractivity contribution in [2.24, 2.45) is 0 Å². The van der Waals surface area contributed by atoms with Crippen molar-refractivity contribution in [1.82, 2.24) is 0 Å². The van der Waals surface area contributed by atoms with Crippen molar-refractivity contribution < 1.29 is 21.7 Å². The number of benzene rings is 4. The van der Waals surface area contributed by atoms with E-state index in [2.05, 4.69) is 175 Å². The van der Waals surface area contributed by atoms with Crippen molar-refractivity contribution in [3.05, 3.63) is 124 Å². The largest absolute Gasteiger partial charge is 0.165 e. The van der Waals surface area contributed by atoms with Gasteiger partial charge >= 0.3 is 0 Å². The van der Waals surface area contributed by atoms with Gasteiger partial charge < -0.3 is 0 Å². The van der Waals surface area contributed by atoms with Gasteiger partial charge in [-0.1, -0.05) is 166 Å². The summed E-state index contributed by atoms with van der Waals surface area (Å²) in [4.78, 5) is 0. The van der Waals surface area contributed by atoms with Crippen molar-refractivity contribution in [3.8, 4) is 0 Å². The maximum Gasteiger partial charge on any atom is 0.135 e. The first-order valence-electron chi connectivity index (χ1n) is 18.3. The summed E-state index contributed by atoms with van der Waals surface area (Å²) in [5.41, 5.74) is 10.1. The third kappa shape index (κ3) is 9.33. The molecule has 5 rings (SSSR count). The Hall–Kier alpha value is -1.71.